The predicted octanol–water partition coefficient (Wildman–Crippen LogP) is 3.51. The summed E-state index contributed by atoms with van der Waals surface area (Å²) in [6.07, 6.45) is 1.47. The van der Waals surface area contributed by atoms with Crippen LogP contribution in [0.5, 0.6) is 11.5 Å². The minimum absolute atomic E-state index is 0.120. The highest BCUT2D eigenvalue weighted by atomic mass is 79.9. The van der Waals surface area contributed by atoms with Crippen LogP contribution in [0.4, 0.5) is 17.2 Å². The Bertz CT molecular complexity index is 678. The molecule has 21 heavy (non-hydrogen) atoms. The van der Waals surface area contributed by atoms with E-state index in [2.05, 4.69) is 26.2 Å². The second kappa shape index (κ2) is 6.40. The number of nitrogens with one attached hydrogen (secondary N) is 1. The number of hydrogen-bond donors (Lipinski definition) is 1. The molecule has 0 aliphatic heterocycles. The Hall–Kier alpha value is -2.35. The van der Waals surface area contributed by atoms with Crippen molar-refractivity contribution in [3.63, 3.8) is 0 Å². The van der Waals surface area contributed by atoms with Gasteiger partial charge in [-0.25, -0.2) is 4.98 Å². The van der Waals surface area contributed by atoms with Crippen LogP contribution in [0.3, 0.4) is 0 Å². The van der Waals surface area contributed by atoms with Gasteiger partial charge in [-0.05, 0) is 28.1 Å². The number of halogens is 1. The fourth-order valence-electron chi connectivity index (χ4n) is 1.70. The van der Waals surface area contributed by atoms with Gasteiger partial charge in [0.25, 0.3) is 0 Å². The van der Waals surface area contributed by atoms with E-state index < -0.39 is 4.92 Å². The number of methoxy groups -OCH3 is 2. The summed E-state index contributed by atoms with van der Waals surface area (Å²) < 4.78 is 10.9. The molecule has 0 spiro atoms. The third-order valence-corrected chi connectivity index (χ3v) is 3.12. The Balaban J connectivity index is 2.44. The highest BCUT2D eigenvalue weighted by molar-refractivity contribution is 9.10. The molecule has 0 atom stereocenters. The van der Waals surface area contributed by atoms with E-state index in [0.717, 1.165) is 0 Å². The Morgan fingerprint density at radius 2 is 2.05 bits per heavy atom. The summed E-state index contributed by atoms with van der Waals surface area (Å²) in [6.45, 7) is 0. The minimum Gasteiger partial charge on any atom is -0.497 e. The van der Waals surface area contributed by atoms with Gasteiger partial charge in [-0.1, -0.05) is 0 Å². The molecule has 8 heteroatoms. The third kappa shape index (κ3) is 3.40. The first-order valence-electron chi connectivity index (χ1n) is 5.84. The van der Waals surface area contributed by atoms with Crippen LogP contribution in [0.1, 0.15) is 0 Å². The number of nitro groups is 1. The quantitative estimate of drug-likeness (QED) is 0.653. The molecule has 2 rings (SSSR count). The largest absolute Gasteiger partial charge is 0.497 e. The van der Waals surface area contributed by atoms with Gasteiger partial charge in [-0.3, -0.25) is 10.1 Å². The van der Waals surface area contributed by atoms with Gasteiger partial charge in [0.15, 0.2) is 0 Å². The average Bonchev–Trinajstić information content (AvgIpc) is 2.48. The lowest BCUT2D eigenvalue weighted by Crippen LogP contribution is -2.01. The highest BCUT2D eigenvalue weighted by Gasteiger charge is 2.17. The number of benzene rings is 1. The normalized spacial score (nSPS) is 10.0. The third-order valence-electron chi connectivity index (χ3n) is 2.69. The van der Waals surface area contributed by atoms with Gasteiger partial charge < -0.3 is 14.8 Å². The standard InChI is InChI=1S/C13H12BrN3O4/c1-20-9-3-4-12(21-2)10(6-9)16-13-11(17(18)19)5-8(14)7-15-13/h3-7H,1-2H3,(H,15,16). The number of rotatable bonds is 5. The SMILES string of the molecule is COc1ccc(OC)c(Nc2ncc(Br)cc2[N+](=O)[O-])c1. The van der Waals surface area contributed by atoms with E-state index in [0.29, 0.717) is 21.7 Å². The molecule has 0 amide bonds. The fourth-order valence-corrected chi connectivity index (χ4v) is 2.02. The van der Waals surface area contributed by atoms with Crippen molar-refractivity contribution in [2.75, 3.05) is 19.5 Å². The van der Waals surface area contributed by atoms with E-state index in [1.807, 2.05) is 0 Å². The van der Waals surface area contributed by atoms with E-state index in [-0.39, 0.29) is 11.5 Å². The number of aromatic nitrogens is 1. The predicted molar refractivity (Wildman–Crippen MR) is 81.4 cm³/mol. The molecule has 0 aliphatic rings. The molecule has 1 aromatic carbocycles. The maximum atomic E-state index is 11.1. The molecule has 2 aromatic rings. The van der Waals surface area contributed by atoms with Crippen molar-refractivity contribution in [1.82, 2.24) is 4.98 Å². The lowest BCUT2D eigenvalue weighted by molar-refractivity contribution is -0.384. The molecule has 1 heterocycles. The van der Waals surface area contributed by atoms with Crippen molar-refractivity contribution < 1.29 is 14.4 Å². The van der Waals surface area contributed by atoms with Gasteiger partial charge in [-0.15, -0.1) is 0 Å². The van der Waals surface area contributed by atoms with Crippen LogP contribution in [0.15, 0.2) is 34.9 Å². The second-order valence-corrected chi connectivity index (χ2v) is 4.89. The molecule has 0 unspecified atom stereocenters. The molecular formula is C13H12BrN3O4. The summed E-state index contributed by atoms with van der Waals surface area (Å²) in [5.41, 5.74) is 0.379. The van der Waals surface area contributed by atoms with Gasteiger partial charge in [-0.2, -0.15) is 0 Å². The van der Waals surface area contributed by atoms with Crippen LogP contribution >= 0.6 is 15.9 Å². The molecule has 1 aromatic heterocycles. The number of anilines is 2. The fraction of sp³-hybridized carbons (Fsp3) is 0.154. The molecule has 0 aliphatic carbocycles. The molecule has 0 bridgehead atoms. The van der Waals surface area contributed by atoms with Gasteiger partial charge in [0, 0.05) is 22.8 Å². The number of hydrogen-bond acceptors (Lipinski definition) is 6. The summed E-state index contributed by atoms with van der Waals surface area (Å²) in [5, 5.41) is 14.0. The van der Waals surface area contributed by atoms with E-state index in [1.54, 1.807) is 18.2 Å². The highest BCUT2D eigenvalue weighted by Crippen LogP contribution is 2.34. The van der Waals surface area contributed by atoms with Crippen LogP contribution in [0, 0.1) is 10.1 Å². The van der Waals surface area contributed by atoms with Crippen LogP contribution in [-0.4, -0.2) is 24.1 Å². The number of pyridine rings is 1. The van der Waals surface area contributed by atoms with Crippen molar-refractivity contribution >= 4 is 33.1 Å². The lowest BCUT2D eigenvalue weighted by atomic mass is 10.2. The van der Waals surface area contributed by atoms with Crippen molar-refractivity contribution in [2.45, 2.75) is 0 Å². The first-order valence-corrected chi connectivity index (χ1v) is 6.63. The number of ether oxygens (including phenoxy) is 2. The van der Waals surface area contributed by atoms with E-state index in [9.17, 15) is 10.1 Å². The molecular weight excluding hydrogens is 342 g/mol. The van der Waals surface area contributed by atoms with Crippen LogP contribution < -0.4 is 14.8 Å². The van der Waals surface area contributed by atoms with E-state index in [4.69, 9.17) is 9.47 Å². The van der Waals surface area contributed by atoms with Crippen molar-refractivity contribution in [3.05, 3.63) is 45.0 Å². The van der Waals surface area contributed by atoms with E-state index >= 15 is 0 Å². The number of nitrogens with zero attached hydrogens (tertiary/aromatic N) is 2. The van der Waals surface area contributed by atoms with Crippen LogP contribution in [0.25, 0.3) is 0 Å². The molecule has 0 radical (unpaired) electrons. The minimum atomic E-state index is -0.507. The first kappa shape index (κ1) is 15.0. The van der Waals surface area contributed by atoms with Gasteiger partial charge >= 0.3 is 5.69 Å². The summed E-state index contributed by atoms with van der Waals surface area (Å²) >= 11 is 3.16. The zero-order valence-electron chi connectivity index (χ0n) is 11.3. The van der Waals surface area contributed by atoms with Gasteiger partial charge in [0.1, 0.15) is 11.5 Å². The van der Waals surface area contributed by atoms with Crippen LogP contribution in [0.2, 0.25) is 0 Å². The lowest BCUT2D eigenvalue weighted by Gasteiger charge is -2.12. The Morgan fingerprint density at radius 3 is 2.67 bits per heavy atom. The second-order valence-electron chi connectivity index (χ2n) is 3.97. The van der Waals surface area contributed by atoms with Gasteiger partial charge in [0.2, 0.25) is 5.82 Å². The smallest absolute Gasteiger partial charge is 0.312 e. The first-order chi connectivity index (χ1) is 10.0. The molecule has 0 saturated carbocycles. The van der Waals surface area contributed by atoms with Crippen molar-refractivity contribution in [3.8, 4) is 11.5 Å². The zero-order chi connectivity index (χ0) is 15.4. The van der Waals surface area contributed by atoms with Crippen LogP contribution in [-0.2, 0) is 0 Å². The average molecular weight is 354 g/mol. The monoisotopic (exact) mass is 353 g/mol. The summed E-state index contributed by atoms with van der Waals surface area (Å²) in [6, 6.07) is 6.48. The maximum absolute atomic E-state index is 11.1. The topological polar surface area (TPSA) is 86.5 Å². The molecule has 110 valence electrons. The Morgan fingerprint density at radius 1 is 1.29 bits per heavy atom. The molecule has 0 fully saturated rings. The Kier molecular flexibility index (Phi) is 4.59. The zero-order valence-corrected chi connectivity index (χ0v) is 12.9. The van der Waals surface area contributed by atoms with Gasteiger partial charge in [0.05, 0.1) is 24.8 Å². The molecule has 7 nitrogen and oxygen atoms in total. The molecule has 0 saturated heterocycles. The Labute approximate surface area is 129 Å². The summed E-state index contributed by atoms with van der Waals surface area (Å²) in [7, 11) is 3.04. The summed E-state index contributed by atoms with van der Waals surface area (Å²) in [4.78, 5) is 14.6. The molecule has 1 N–H and O–H groups in total. The van der Waals surface area contributed by atoms with Crippen molar-refractivity contribution in [1.29, 1.82) is 0 Å². The summed E-state index contributed by atoms with van der Waals surface area (Å²) in [5.74, 6) is 1.24. The van der Waals surface area contributed by atoms with E-state index in [1.165, 1.54) is 26.5 Å². The maximum Gasteiger partial charge on any atom is 0.312 e. The van der Waals surface area contributed by atoms with Crippen molar-refractivity contribution in [2.24, 2.45) is 0 Å².